The molecule has 0 unspecified atom stereocenters. The molecule has 28 heavy (non-hydrogen) atoms. The third kappa shape index (κ3) is 3.78. The normalized spacial score (nSPS) is 16.5. The summed E-state index contributed by atoms with van der Waals surface area (Å²) >= 11 is 0. The lowest BCUT2D eigenvalue weighted by Gasteiger charge is -2.31. The highest BCUT2D eigenvalue weighted by Crippen LogP contribution is 2.44. The van der Waals surface area contributed by atoms with E-state index >= 15 is 0 Å². The molecule has 0 radical (unpaired) electrons. The molecule has 8 heteroatoms. The number of fused-ring (bicyclic) bond motifs is 1. The summed E-state index contributed by atoms with van der Waals surface area (Å²) in [6.07, 6.45) is -9.23. The monoisotopic (exact) mass is 402 g/mol. The van der Waals surface area contributed by atoms with Crippen LogP contribution in [0, 0.1) is 0 Å². The molecule has 2 aromatic carbocycles. The Morgan fingerprint density at radius 2 is 1.54 bits per heavy atom. The first-order chi connectivity index (χ1) is 12.9. The third-order valence-corrected chi connectivity index (χ3v) is 4.97. The van der Waals surface area contributed by atoms with Crippen molar-refractivity contribution in [3.63, 3.8) is 0 Å². The molecule has 0 amide bonds. The van der Waals surface area contributed by atoms with Gasteiger partial charge in [-0.25, -0.2) is 0 Å². The van der Waals surface area contributed by atoms with Crippen LogP contribution in [0.1, 0.15) is 45.5 Å². The summed E-state index contributed by atoms with van der Waals surface area (Å²) in [5.74, 6) is -0.994. The summed E-state index contributed by atoms with van der Waals surface area (Å²) in [6, 6.07) is 6.87. The van der Waals surface area contributed by atoms with Crippen LogP contribution in [0.25, 0.3) is 0 Å². The Balaban J connectivity index is 1.98. The van der Waals surface area contributed by atoms with Crippen LogP contribution in [0.5, 0.6) is 0 Å². The van der Waals surface area contributed by atoms with E-state index in [2.05, 4.69) is 0 Å². The minimum Gasteiger partial charge on any atom is -0.376 e. The zero-order valence-corrected chi connectivity index (χ0v) is 14.5. The van der Waals surface area contributed by atoms with Crippen LogP contribution in [0.2, 0.25) is 0 Å². The quantitative estimate of drug-likeness (QED) is 0.563. The van der Waals surface area contributed by atoms with E-state index in [1.54, 1.807) is 6.07 Å². The van der Waals surface area contributed by atoms with Crippen molar-refractivity contribution in [1.29, 1.82) is 0 Å². The van der Waals surface area contributed by atoms with Gasteiger partial charge in [0.15, 0.2) is 11.4 Å². The molecular formula is C20H16F6O2. The van der Waals surface area contributed by atoms with Crippen molar-refractivity contribution in [3.8, 4) is 0 Å². The number of benzene rings is 2. The fourth-order valence-electron chi connectivity index (χ4n) is 3.40. The number of carbonyl (C=O) groups is 1. The van der Waals surface area contributed by atoms with E-state index < -0.39 is 41.3 Å². The Morgan fingerprint density at radius 1 is 0.893 bits per heavy atom. The van der Waals surface area contributed by atoms with Gasteiger partial charge in [0, 0.05) is 5.56 Å². The van der Waals surface area contributed by atoms with Gasteiger partial charge in [0.2, 0.25) is 0 Å². The van der Waals surface area contributed by atoms with E-state index in [-0.39, 0.29) is 11.6 Å². The molecule has 0 aliphatic heterocycles. The van der Waals surface area contributed by atoms with E-state index in [1.165, 1.54) is 12.1 Å². The number of carbonyl (C=O) groups excluding carboxylic acids is 1. The smallest absolute Gasteiger partial charge is 0.376 e. The number of alkyl halides is 6. The van der Waals surface area contributed by atoms with Gasteiger partial charge >= 0.3 is 12.4 Å². The van der Waals surface area contributed by atoms with Crippen molar-refractivity contribution >= 4 is 5.78 Å². The Hall–Kier alpha value is -2.35. The van der Waals surface area contributed by atoms with E-state index in [0.717, 1.165) is 36.1 Å². The molecule has 0 spiro atoms. The van der Waals surface area contributed by atoms with Gasteiger partial charge in [-0.3, -0.25) is 4.79 Å². The molecule has 0 saturated heterocycles. The van der Waals surface area contributed by atoms with Crippen molar-refractivity contribution in [2.24, 2.45) is 0 Å². The first-order valence-corrected chi connectivity index (χ1v) is 8.54. The van der Waals surface area contributed by atoms with E-state index in [9.17, 15) is 36.2 Å². The first kappa shape index (κ1) is 20.4. The average molecular weight is 402 g/mol. The van der Waals surface area contributed by atoms with Gasteiger partial charge in [0.05, 0.1) is 12.0 Å². The van der Waals surface area contributed by atoms with Crippen LogP contribution in [0.4, 0.5) is 26.3 Å². The van der Waals surface area contributed by atoms with E-state index in [4.69, 9.17) is 0 Å². The van der Waals surface area contributed by atoms with Gasteiger partial charge in [-0.15, -0.1) is 0 Å². The predicted molar refractivity (Wildman–Crippen MR) is 88.8 cm³/mol. The topological polar surface area (TPSA) is 37.3 Å². The van der Waals surface area contributed by atoms with Crippen molar-refractivity contribution in [3.05, 3.63) is 70.3 Å². The number of aliphatic hydroxyl groups is 1. The number of ketones is 1. The van der Waals surface area contributed by atoms with Gasteiger partial charge in [0.1, 0.15) is 0 Å². The summed E-state index contributed by atoms with van der Waals surface area (Å²) < 4.78 is 79.5. The highest BCUT2D eigenvalue weighted by Gasteiger charge is 2.56. The third-order valence-electron chi connectivity index (χ3n) is 4.97. The highest BCUT2D eigenvalue weighted by atomic mass is 19.4. The maximum atomic E-state index is 13.6. The molecule has 1 aliphatic carbocycles. The number of Topliss-reactive ketones (excluding diaryl/α,β-unsaturated/α-hetero) is 1. The molecule has 1 aliphatic rings. The maximum absolute atomic E-state index is 13.6. The molecule has 2 nitrogen and oxygen atoms in total. The van der Waals surface area contributed by atoms with Crippen LogP contribution < -0.4 is 0 Å². The molecule has 0 heterocycles. The van der Waals surface area contributed by atoms with Crippen molar-refractivity contribution in [2.75, 3.05) is 0 Å². The van der Waals surface area contributed by atoms with Gasteiger partial charge < -0.3 is 5.11 Å². The SMILES string of the molecule is O=C(C[C@@](O)(c1cccc(C(F)(F)F)c1)C(F)(F)F)c1ccc2c(c1)CCC2. The predicted octanol–water partition coefficient (Wildman–Crippen LogP) is 5.22. The summed E-state index contributed by atoms with van der Waals surface area (Å²) in [6.45, 7) is 0. The van der Waals surface area contributed by atoms with E-state index in [1.807, 2.05) is 0 Å². The Morgan fingerprint density at radius 3 is 2.18 bits per heavy atom. The molecule has 2 aromatic rings. The fourth-order valence-corrected chi connectivity index (χ4v) is 3.40. The lowest BCUT2D eigenvalue weighted by Crippen LogP contribution is -2.44. The van der Waals surface area contributed by atoms with Crippen LogP contribution in [0.15, 0.2) is 42.5 Å². The second kappa shape index (κ2) is 6.92. The Kier molecular flexibility index (Phi) is 5.04. The molecule has 0 saturated carbocycles. The first-order valence-electron chi connectivity index (χ1n) is 8.54. The number of hydrogen-bond acceptors (Lipinski definition) is 2. The van der Waals surface area contributed by atoms with Crippen LogP contribution in [0.3, 0.4) is 0 Å². The molecule has 3 rings (SSSR count). The molecule has 0 fully saturated rings. The van der Waals surface area contributed by atoms with Crippen LogP contribution in [-0.2, 0) is 24.6 Å². The minimum atomic E-state index is -5.34. The highest BCUT2D eigenvalue weighted by molar-refractivity contribution is 5.97. The Labute approximate surface area is 156 Å². The summed E-state index contributed by atoms with van der Waals surface area (Å²) in [4.78, 5) is 12.5. The van der Waals surface area contributed by atoms with Crippen molar-refractivity contribution in [2.45, 2.75) is 43.6 Å². The second-order valence-corrected chi connectivity index (χ2v) is 6.87. The van der Waals surface area contributed by atoms with Crippen molar-refractivity contribution < 1.29 is 36.2 Å². The molecule has 1 atom stereocenters. The van der Waals surface area contributed by atoms with Gasteiger partial charge in [0.25, 0.3) is 0 Å². The van der Waals surface area contributed by atoms with Gasteiger partial charge in [-0.2, -0.15) is 26.3 Å². The molecule has 0 bridgehead atoms. The molecular weight excluding hydrogens is 386 g/mol. The lowest BCUT2D eigenvalue weighted by molar-refractivity contribution is -0.265. The Bertz CT molecular complexity index is 900. The largest absolute Gasteiger partial charge is 0.421 e. The van der Waals surface area contributed by atoms with Crippen LogP contribution in [-0.4, -0.2) is 17.1 Å². The summed E-state index contributed by atoms with van der Waals surface area (Å²) in [7, 11) is 0. The van der Waals surface area contributed by atoms with E-state index in [0.29, 0.717) is 12.5 Å². The number of hydrogen-bond donors (Lipinski definition) is 1. The summed E-state index contributed by atoms with van der Waals surface area (Å²) in [5, 5.41) is 10.3. The van der Waals surface area contributed by atoms with Gasteiger partial charge in [-0.05, 0) is 54.2 Å². The maximum Gasteiger partial charge on any atom is 0.421 e. The minimum absolute atomic E-state index is 0.00435. The number of rotatable bonds is 4. The summed E-state index contributed by atoms with van der Waals surface area (Å²) in [5.41, 5.74) is -4.22. The molecule has 1 N–H and O–H groups in total. The van der Waals surface area contributed by atoms with Gasteiger partial charge in [-0.1, -0.05) is 24.3 Å². The lowest BCUT2D eigenvalue weighted by atomic mass is 9.85. The standard InChI is InChI=1S/C20H16F6O2/c21-19(22,23)16-6-2-5-15(10-16)18(28,20(24,25)26)11-17(27)14-8-7-12-3-1-4-13(12)9-14/h2,5-10,28H,1,3-4,11H2/t18-/m1/s1. The fraction of sp³-hybridized carbons (Fsp3) is 0.350. The average Bonchev–Trinajstić information content (AvgIpc) is 3.07. The van der Waals surface area contributed by atoms with Crippen LogP contribution >= 0.6 is 0 Å². The number of aryl methyl sites for hydroxylation is 2. The zero-order valence-electron chi connectivity index (χ0n) is 14.5. The molecule has 0 aromatic heterocycles. The molecule has 150 valence electrons. The zero-order chi connectivity index (χ0) is 20.7. The van der Waals surface area contributed by atoms with Crippen molar-refractivity contribution in [1.82, 2.24) is 0 Å². The number of halogens is 6. The second-order valence-electron chi connectivity index (χ2n) is 6.87.